The lowest BCUT2D eigenvalue weighted by Gasteiger charge is -2.07. The van der Waals surface area contributed by atoms with Crippen LogP contribution in [0, 0.1) is 6.92 Å². The summed E-state index contributed by atoms with van der Waals surface area (Å²) in [7, 11) is 0. The number of nitrogens with zero attached hydrogens (tertiary/aromatic N) is 2. The first-order valence-electron chi connectivity index (χ1n) is 5.89. The first kappa shape index (κ1) is 13.6. The van der Waals surface area contributed by atoms with Gasteiger partial charge in [0.15, 0.2) is 5.69 Å². The van der Waals surface area contributed by atoms with Crippen LogP contribution in [0.1, 0.15) is 16.1 Å². The summed E-state index contributed by atoms with van der Waals surface area (Å²) in [6.45, 7) is 1.77. The van der Waals surface area contributed by atoms with Crippen molar-refractivity contribution in [2.45, 2.75) is 13.5 Å². The molecule has 7 heteroatoms. The van der Waals surface area contributed by atoms with Crippen molar-refractivity contribution in [3.8, 4) is 0 Å². The molecule has 0 aliphatic carbocycles. The molecule has 0 spiro atoms. The van der Waals surface area contributed by atoms with Crippen LogP contribution < -0.4 is 11.1 Å². The molecule has 0 atom stereocenters. The van der Waals surface area contributed by atoms with E-state index >= 15 is 0 Å². The van der Waals surface area contributed by atoms with E-state index in [0.717, 1.165) is 5.56 Å². The second-order valence-corrected chi connectivity index (χ2v) is 4.30. The number of hydrogen-bond donors (Lipinski definition) is 3. The largest absolute Gasteiger partial charge is 0.476 e. The quantitative estimate of drug-likeness (QED) is 0.773. The number of nitrogen functional groups attached to an aromatic ring is 1. The van der Waals surface area contributed by atoms with Crippen LogP contribution in [0.3, 0.4) is 0 Å². The van der Waals surface area contributed by atoms with E-state index in [1.807, 2.05) is 25.1 Å². The first-order chi connectivity index (χ1) is 9.47. The average molecular weight is 274 g/mol. The summed E-state index contributed by atoms with van der Waals surface area (Å²) in [6, 6.07) is 7.35. The topological polar surface area (TPSA) is 110 Å². The predicted molar refractivity (Wildman–Crippen MR) is 73.4 cm³/mol. The van der Waals surface area contributed by atoms with Crippen molar-refractivity contribution in [1.82, 2.24) is 9.78 Å². The number of carbonyl (C=O) groups is 2. The minimum atomic E-state index is -1.22. The molecule has 2 rings (SSSR count). The van der Waals surface area contributed by atoms with E-state index in [1.165, 1.54) is 10.9 Å². The number of aromatic carboxylic acids is 1. The van der Waals surface area contributed by atoms with Crippen molar-refractivity contribution in [3.05, 3.63) is 41.7 Å². The molecule has 1 amide bonds. The summed E-state index contributed by atoms with van der Waals surface area (Å²) in [6.07, 6.45) is 1.32. The smallest absolute Gasteiger partial charge is 0.358 e. The van der Waals surface area contributed by atoms with E-state index in [4.69, 9.17) is 10.8 Å². The monoisotopic (exact) mass is 274 g/mol. The van der Waals surface area contributed by atoms with Gasteiger partial charge in [0.05, 0.1) is 5.69 Å². The van der Waals surface area contributed by atoms with Crippen LogP contribution >= 0.6 is 0 Å². The number of aryl methyl sites for hydroxylation is 1. The molecule has 1 heterocycles. The van der Waals surface area contributed by atoms with Gasteiger partial charge in [-0.3, -0.25) is 9.48 Å². The number of carboxylic acid groups (broad SMARTS) is 1. The summed E-state index contributed by atoms with van der Waals surface area (Å²) >= 11 is 0. The highest BCUT2D eigenvalue weighted by Gasteiger charge is 2.14. The third kappa shape index (κ3) is 2.94. The number of nitrogens with one attached hydrogen (secondary N) is 1. The molecule has 0 aliphatic heterocycles. The van der Waals surface area contributed by atoms with Crippen LogP contribution in [0.2, 0.25) is 0 Å². The van der Waals surface area contributed by atoms with Gasteiger partial charge in [0, 0.05) is 11.9 Å². The fraction of sp³-hybridized carbons (Fsp3) is 0.154. The Morgan fingerprint density at radius 1 is 1.40 bits per heavy atom. The van der Waals surface area contributed by atoms with Crippen molar-refractivity contribution in [2.24, 2.45) is 0 Å². The van der Waals surface area contributed by atoms with Crippen molar-refractivity contribution in [2.75, 3.05) is 11.1 Å². The number of carboxylic acids is 1. The molecule has 0 saturated carbocycles. The van der Waals surface area contributed by atoms with Crippen LogP contribution in [0.4, 0.5) is 11.4 Å². The Morgan fingerprint density at radius 2 is 2.10 bits per heavy atom. The van der Waals surface area contributed by atoms with Crippen molar-refractivity contribution in [3.63, 3.8) is 0 Å². The fourth-order valence-electron chi connectivity index (χ4n) is 1.73. The summed E-state index contributed by atoms with van der Waals surface area (Å²) in [5.41, 5.74) is 6.91. The van der Waals surface area contributed by atoms with Gasteiger partial charge in [-0.05, 0) is 18.6 Å². The highest BCUT2D eigenvalue weighted by atomic mass is 16.4. The summed E-state index contributed by atoms with van der Waals surface area (Å²) in [5, 5.41) is 15.3. The average Bonchev–Trinajstić information content (AvgIpc) is 2.73. The van der Waals surface area contributed by atoms with Gasteiger partial charge in [0.1, 0.15) is 6.54 Å². The van der Waals surface area contributed by atoms with Crippen LogP contribution in [0.5, 0.6) is 0 Å². The van der Waals surface area contributed by atoms with Gasteiger partial charge < -0.3 is 16.2 Å². The van der Waals surface area contributed by atoms with Gasteiger partial charge in [-0.1, -0.05) is 18.2 Å². The Bertz CT molecular complexity index is 663. The maximum Gasteiger partial charge on any atom is 0.358 e. The SMILES string of the molecule is Cc1ccccc1NC(=O)Cn1cc(N)c(C(=O)O)n1. The lowest BCUT2D eigenvalue weighted by Crippen LogP contribution is -2.19. The van der Waals surface area contributed by atoms with Crippen molar-refractivity contribution < 1.29 is 14.7 Å². The first-order valence-corrected chi connectivity index (χ1v) is 5.89. The van der Waals surface area contributed by atoms with Crippen LogP contribution in [0.15, 0.2) is 30.5 Å². The van der Waals surface area contributed by atoms with Gasteiger partial charge in [-0.15, -0.1) is 0 Å². The van der Waals surface area contributed by atoms with Crippen LogP contribution in [-0.2, 0) is 11.3 Å². The fourth-order valence-corrected chi connectivity index (χ4v) is 1.73. The van der Waals surface area contributed by atoms with Crippen LogP contribution in [0.25, 0.3) is 0 Å². The normalized spacial score (nSPS) is 10.2. The maximum absolute atomic E-state index is 11.9. The molecule has 0 radical (unpaired) electrons. The van der Waals surface area contributed by atoms with Gasteiger partial charge in [0.25, 0.3) is 0 Å². The third-order valence-electron chi connectivity index (χ3n) is 2.72. The number of nitrogens with two attached hydrogens (primary N) is 1. The minimum Gasteiger partial charge on any atom is -0.476 e. The minimum absolute atomic E-state index is 0.0289. The molecule has 0 aliphatic rings. The van der Waals surface area contributed by atoms with E-state index < -0.39 is 5.97 Å². The summed E-state index contributed by atoms with van der Waals surface area (Å²) in [4.78, 5) is 22.7. The van der Waals surface area contributed by atoms with Crippen molar-refractivity contribution >= 4 is 23.3 Å². The zero-order valence-electron chi connectivity index (χ0n) is 10.8. The lowest BCUT2D eigenvalue weighted by molar-refractivity contribution is -0.116. The van der Waals surface area contributed by atoms with E-state index in [-0.39, 0.29) is 23.8 Å². The zero-order valence-corrected chi connectivity index (χ0v) is 10.8. The second kappa shape index (κ2) is 5.43. The number of hydrogen-bond acceptors (Lipinski definition) is 4. The van der Waals surface area contributed by atoms with E-state index in [1.54, 1.807) is 6.07 Å². The number of carbonyl (C=O) groups excluding carboxylic acids is 1. The standard InChI is InChI=1S/C13H14N4O3/c1-8-4-2-3-5-10(8)15-11(18)7-17-6-9(14)12(16-17)13(19)20/h2-6H,7,14H2,1H3,(H,15,18)(H,19,20). The zero-order chi connectivity index (χ0) is 14.7. The molecule has 2 aromatic rings. The molecule has 0 saturated heterocycles. The molecular formula is C13H14N4O3. The number of benzene rings is 1. The second-order valence-electron chi connectivity index (χ2n) is 4.30. The van der Waals surface area contributed by atoms with E-state index in [2.05, 4.69) is 10.4 Å². The molecule has 20 heavy (non-hydrogen) atoms. The molecule has 0 fully saturated rings. The summed E-state index contributed by atoms with van der Waals surface area (Å²) in [5.74, 6) is -1.53. The highest BCUT2D eigenvalue weighted by Crippen LogP contribution is 2.13. The van der Waals surface area contributed by atoms with E-state index in [9.17, 15) is 9.59 Å². The Balaban J connectivity index is 2.07. The van der Waals surface area contributed by atoms with E-state index in [0.29, 0.717) is 5.69 Å². The van der Waals surface area contributed by atoms with Gasteiger partial charge in [-0.25, -0.2) is 4.79 Å². The Hall–Kier alpha value is -2.83. The lowest BCUT2D eigenvalue weighted by atomic mass is 10.2. The van der Waals surface area contributed by atoms with Crippen molar-refractivity contribution in [1.29, 1.82) is 0 Å². The van der Waals surface area contributed by atoms with Gasteiger partial charge in [-0.2, -0.15) is 5.10 Å². The molecule has 104 valence electrons. The maximum atomic E-state index is 11.9. The molecule has 1 aromatic carbocycles. The molecule has 1 aromatic heterocycles. The molecule has 0 unspecified atom stereocenters. The van der Waals surface area contributed by atoms with Gasteiger partial charge in [0.2, 0.25) is 5.91 Å². The number of amides is 1. The Morgan fingerprint density at radius 3 is 2.70 bits per heavy atom. The molecular weight excluding hydrogens is 260 g/mol. The molecule has 4 N–H and O–H groups in total. The third-order valence-corrected chi connectivity index (χ3v) is 2.72. The Kier molecular flexibility index (Phi) is 3.69. The van der Waals surface area contributed by atoms with Gasteiger partial charge >= 0.3 is 5.97 Å². The Labute approximate surface area is 115 Å². The number of para-hydroxylation sites is 1. The molecule has 7 nitrogen and oxygen atoms in total. The number of aromatic nitrogens is 2. The molecule has 0 bridgehead atoms. The summed E-state index contributed by atoms with van der Waals surface area (Å²) < 4.78 is 1.20. The highest BCUT2D eigenvalue weighted by molar-refractivity contribution is 5.92. The number of rotatable bonds is 4. The van der Waals surface area contributed by atoms with Crippen LogP contribution in [-0.4, -0.2) is 26.8 Å². The number of anilines is 2. The predicted octanol–water partition coefficient (Wildman–Crippen LogP) is 1.11.